The maximum absolute atomic E-state index is 5.58. The summed E-state index contributed by atoms with van der Waals surface area (Å²) in [5.41, 5.74) is 0. The lowest BCUT2D eigenvalue weighted by molar-refractivity contribution is -0.350. The molecule has 0 saturated carbocycles. The Morgan fingerprint density at radius 2 is 1.04 bits per heavy atom. The SMILES string of the molecule is CCCCC(CC)COOC(C)(S)CCC(C)(S)OOCC(CC)CCCC. The van der Waals surface area contributed by atoms with Crippen molar-refractivity contribution < 1.29 is 19.6 Å². The molecular formula is C22H46O4S2. The molecule has 0 N–H and O–H groups in total. The summed E-state index contributed by atoms with van der Waals surface area (Å²) in [4.78, 5) is 20.8. The molecule has 0 aliphatic rings. The largest absolute Gasteiger partial charge is 0.235 e. The fraction of sp³-hybridized carbons (Fsp3) is 1.00. The molecule has 0 aromatic heterocycles. The summed E-state index contributed by atoms with van der Waals surface area (Å²) in [7, 11) is 0. The molecule has 6 heteroatoms. The molecule has 0 fully saturated rings. The number of rotatable bonds is 19. The summed E-state index contributed by atoms with van der Waals surface area (Å²) in [5.74, 6) is 1.07. The molecule has 0 aliphatic heterocycles. The lowest BCUT2D eigenvalue weighted by Gasteiger charge is -2.29. The van der Waals surface area contributed by atoms with Gasteiger partial charge in [0.2, 0.25) is 0 Å². The van der Waals surface area contributed by atoms with Crippen LogP contribution < -0.4 is 0 Å². The predicted molar refractivity (Wildman–Crippen MR) is 125 cm³/mol. The Hall–Kier alpha value is 0.540. The molecule has 0 spiro atoms. The van der Waals surface area contributed by atoms with Crippen LogP contribution in [0.1, 0.15) is 106 Å². The molecule has 0 aromatic rings. The van der Waals surface area contributed by atoms with Crippen LogP contribution in [0.4, 0.5) is 0 Å². The van der Waals surface area contributed by atoms with Crippen LogP contribution in [0.3, 0.4) is 0 Å². The molecule has 0 saturated heterocycles. The maximum Gasteiger partial charge on any atom is 0.143 e. The topological polar surface area (TPSA) is 36.9 Å². The average Bonchev–Trinajstić information content (AvgIpc) is 2.65. The molecule has 170 valence electrons. The van der Waals surface area contributed by atoms with Crippen molar-refractivity contribution in [2.45, 2.75) is 116 Å². The van der Waals surface area contributed by atoms with E-state index >= 15 is 0 Å². The first-order chi connectivity index (χ1) is 13.2. The molecule has 28 heavy (non-hydrogen) atoms. The standard InChI is InChI=1S/C22H46O4S2/c1-7-11-13-19(9-3)17-23-25-21(5,27)15-16-22(6,28)26-24-18-20(10-4)14-12-8-2/h19-20,27-28H,7-18H2,1-6H3. The van der Waals surface area contributed by atoms with Crippen molar-refractivity contribution in [1.29, 1.82) is 0 Å². The number of unbranched alkanes of at least 4 members (excludes halogenated alkanes) is 2. The molecule has 0 aliphatic carbocycles. The minimum atomic E-state index is -0.691. The lowest BCUT2D eigenvalue weighted by atomic mass is 10.0. The molecule has 0 aromatic carbocycles. The fourth-order valence-electron chi connectivity index (χ4n) is 2.86. The monoisotopic (exact) mass is 438 g/mol. The van der Waals surface area contributed by atoms with Crippen molar-refractivity contribution in [3.8, 4) is 0 Å². The van der Waals surface area contributed by atoms with E-state index in [0.717, 1.165) is 12.8 Å². The van der Waals surface area contributed by atoms with E-state index in [1.807, 2.05) is 13.8 Å². The van der Waals surface area contributed by atoms with Gasteiger partial charge in [-0.1, -0.05) is 66.2 Å². The first-order valence-electron chi connectivity index (χ1n) is 11.3. The molecule has 4 unspecified atom stereocenters. The Labute approximate surface area is 185 Å². The second kappa shape index (κ2) is 16.3. The van der Waals surface area contributed by atoms with Crippen LogP contribution in [-0.2, 0) is 19.6 Å². The van der Waals surface area contributed by atoms with Crippen molar-refractivity contribution in [3.63, 3.8) is 0 Å². The molecule has 4 nitrogen and oxygen atoms in total. The summed E-state index contributed by atoms with van der Waals surface area (Å²) in [6.45, 7) is 13.8. The first-order valence-corrected chi connectivity index (χ1v) is 12.1. The second-order valence-electron chi connectivity index (χ2n) is 8.42. The molecule has 0 heterocycles. The van der Waals surface area contributed by atoms with Gasteiger partial charge in [0.1, 0.15) is 9.87 Å². The van der Waals surface area contributed by atoms with Gasteiger partial charge < -0.3 is 0 Å². The highest BCUT2D eigenvalue weighted by atomic mass is 32.1. The van der Waals surface area contributed by atoms with E-state index in [4.69, 9.17) is 19.6 Å². The zero-order valence-corrected chi connectivity index (χ0v) is 21.0. The van der Waals surface area contributed by atoms with E-state index in [9.17, 15) is 0 Å². The van der Waals surface area contributed by atoms with E-state index in [1.165, 1.54) is 38.5 Å². The van der Waals surface area contributed by atoms with Crippen molar-refractivity contribution in [1.82, 2.24) is 0 Å². The summed E-state index contributed by atoms with van der Waals surface area (Å²) in [6, 6.07) is 0. The Kier molecular flexibility index (Phi) is 16.6. The van der Waals surface area contributed by atoms with E-state index in [-0.39, 0.29) is 0 Å². The lowest BCUT2D eigenvalue weighted by Crippen LogP contribution is -2.29. The summed E-state index contributed by atoms with van der Waals surface area (Å²) in [5, 5.41) is 0. The Balaban J connectivity index is 4.14. The summed E-state index contributed by atoms with van der Waals surface area (Å²) >= 11 is 9.20. The average molecular weight is 439 g/mol. The third-order valence-corrected chi connectivity index (χ3v) is 5.82. The van der Waals surface area contributed by atoms with Gasteiger partial charge in [-0.3, -0.25) is 0 Å². The molecular weight excluding hydrogens is 392 g/mol. The highest BCUT2D eigenvalue weighted by Crippen LogP contribution is 2.31. The van der Waals surface area contributed by atoms with Gasteiger partial charge in [-0.05, 0) is 51.4 Å². The van der Waals surface area contributed by atoms with Gasteiger partial charge in [0.25, 0.3) is 0 Å². The minimum Gasteiger partial charge on any atom is -0.235 e. The minimum absolute atomic E-state index is 0.537. The van der Waals surface area contributed by atoms with Gasteiger partial charge in [-0.25, -0.2) is 19.6 Å². The summed E-state index contributed by atoms with van der Waals surface area (Å²) in [6.07, 6.45) is 10.7. The fourth-order valence-corrected chi connectivity index (χ4v) is 3.19. The smallest absolute Gasteiger partial charge is 0.143 e. The molecule has 0 amide bonds. The molecule has 0 radical (unpaired) electrons. The second-order valence-corrected chi connectivity index (χ2v) is 10.3. The Morgan fingerprint density at radius 3 is 1.32 bits per heavy atom. The van der Waals surface area contributed by atoms with Crippen LogP contribution in [0.15, 0.2) is 0 Å². The van der Waals surface area contributed by atoms with Crippen molar-refractivity contribution in [3.05, 3.63) is 0 Å². The normalized spacial score (nSPS) is 18.4. The highest BCUT2D eigenvalue weighted by Gasteiger charge is 2.29. The van der Waals surface area contributed by atoms with E-state index in [1.54, 1.807) is 0 Å². The predicted octanol–water partition coefficient (Wildman–Crippen LogP) is 7.39. The third kappa shape index (κ3) is 15.4. The van der Waals surface area contributed by atoms with Gasteiger partial charge in [-0.2, -0.15) is 0 Å². The van der Waals surface area contributed by atoms with E-state index < -0.39 is 9.87 Å². The van der Waals surface area contributed by atoms with Gasteiger partial charge in [0.15, 0.2) is 0 Å². The zero-order chi connectivity index (χ0) is 21.5. The maximum atomic E-state index is 5.58. The molecule has 0 bridgehead atoms. The number of hydrogen-bond donors (Lipinski definition) is 2. The summed E-state index contributed by atoms with van der Waals surface area (Å²) < 4.78 is 0. The van der Waals surface area contributed by atoms with Crippen molar-refractivity contribution in [2.75, 3.05) is 13.2 Å². The van der Waals surface area contributed by atoms with Crippen LogP contribution in [-0.4, -0.2) is 23.1 Å². The quantitative estimate of drug-likeness (QED) is 0.0954. The molecule has 4 atom stereocenters. The van der Waals surface area contributed by atoms with Gasteiger partial charge in [-0.15, -0.1) is 25.3 Å². The van der Waals surface area contributed by atoms with Gasteiger partial charge in [0, 0.05) is 0 Å². The van der Waals surface area contributed by atoms with Crippen LogP contribution in [0.25, 0.3) is 0 Å². The van der Waals surface area contributed by atoms with Crippen molar-refractivity contribution >= 4 is 25.3 Å². The van der Waals surface area contributed by atoms with Crippen molar-refractivity contribution in [2.24, 2.45) is 11.8 Å². The zero-order valence-electron chi connectivity index (χ0n) is 19.2. The van der Waals surface area contributed by atoms with Gasteiger partial charge >= 0.3 is 0 Å². The Bertz CT molecular complexity index is 330. The Morgan fingerprint density at radius 1 is 0.679 bits per heavy atom. The molecule has 0 rings (SSSR count). The number of thiol groups is 2. The van der Waals surface area contributed by atoms with E-state index in [0.29, 0.717) is 37.9 Å². The van der Waals surface area contributed by atoms with Gasteiger partial charge in [0.05, 0.1) is 13.2 Å². The van der Waals surface area contributed by atoms with Crippen LogP contribution in [0.5, 0.6) is 0 Å². The van der Waals surface area contributed by atoms with E-state index in [2.05, 4.69) is 53.0 Å². The number of hydrogen-bond acceptors (Lipinski definition) is 6. The van der Waals surface area contributed by atoms with Crippen LogP contribution >= 0.6 is 25.3 Å². The third-order valence-electron chi connectivity index (χ3n) is 5.22. The first kappa shape index (κ1) is 28.5. The van der Waals surface area contributed by atoms with Crippen LogP contribution in [0.2, 0.25) is 0 Å². The highest BCUT2D eigenvalue weighted by molar-refractivity contribution is 7.81. The van der Waals surface area contributed by atoms with Crippen LogP contribution in [0, 0.1) is 11.8 Å².